The van der Waals surface area contributed by atoms with E-state index in [9.17, 15) is 0 Å². The molecular weight excluding hydrogens is 847 g/mol. The van der Waals surface area contributed by atoms with Gasteiger partial charge in [0.05, 0.1) is 17.1 Å². The molecule has 0 radical (unpaired) electrons. The molecule has 0 aliphatic carbocycles. The maximum absolute atomic E-state index is 4.80. The van der Waals surface area contributed by atoms with Gasteiger partial charge < -0.3 is 0 Å². The number of pyridine rings is 3. The molecule has 0 unspecified atom stereocenters. The summed E-state index contributed by atoms with van der Waals surface area (Å²) in [6.07, 6.45) is 9.31. The van der Waals surface area contributed by atoms with E-state index in [0.717, 1.165) is 59.5 Å². The normalized spacial score (nSPS) is 11.4. The van der Waals surface area contributed by atoms with Crippen molar-refractivity contribution in [1.82, 2.24) is 15.0 Å². The molecule has 12 rings (SSSR count). The molecule has 0 bridgehead atoms. The van der Waals surface area contributed by atoms with Gasteiger partial charge in [-0.2, -0.15) is 0 Å². The van der Waals surface area contributed by atoms with Gasteiger partial charge in [-0.25, -0.2) is 0 Å². The zero-order valence-corrected chi connectivity index (χ0v) is 38.8. The number of benzene rings is 9. The van der Waals surface area contributed by atoms with Crippen LogP contribution in [0.5, 0.6) is 0 Å². The van der Waals surface area contributed by atoms with Gasteiger partial charge in [-0.1, -0.05) is 182 Å². The second-order valence-corrected chi connectivity index (χ2v) is 18.2. The predicted molar refractivity (Wildman–Crippen MR) is 293 cm³/mol. The van der Waals surface area contributed by atoms with Crippen LogP contribution in [0.1, 0.15) is 22.3 Å². The molecule has 0 aliphatic rings. The van der Waals surface area contributed by atoms with Crippen molar-refractivity contribution in [2.75, 3.05) is 0 Å². The topological polar surface area (TPSA) is 38.7 Å². The molecule has 0 saturated carbocycles. The molecule has 9 aromatic carbocycles. The summed E-state index contributed by atoms with van der Waals surface area (Å²) in [4.78, 5) is 14.0. The lowest BCUT2D eigenvalue weighted by Crippen LogP contribution is -1.98. The SMILES string of the molecule is c1ccc(-c2ccc(CCc3cc(CCc4ccc(-c5ccccn5)cc4)cc(-c4ccccc4-c4ccc(-c5ccccn5)cc4-c4ccc5c6ccccc6c6ccccc6c5c4)c3)cc2)nc1. The van der Waals surface area contributed by atoms with E-state index in [-0.39, 0.29) is 0 Å². The maximum Gasteiger partial charge on any atom is 0.0702 e. The van der Waals surface area contributed by atoms with E-state index in [2.05, 4.69) is 210 Å². The van der Waals surface area contributed by atoms with Crippen molar-refractivity contribution in [3.8, 4) is 67.2 Å². The molecule has 332 valence electrons. The smallest absolute Gasteiger partial charge is 0.0702 e. The van der Waals surface area contributed by atoms with Crippen molar-refractivity contribution < 1.29 is 0 Å². The summed E-state index contributed by atoms with van der Waals surface area (Å²) in [7, 11) is 0. The Kier molecular flexibility index (Phi) is 11.6. The Labute approximate surface area is 409 Å². The molecule has 3 heterocycles. The van der Waals surface area contributed by atoms with E-state index in [0.29, 0.717) is 0 Å². The maximum atomic E-state index is 4.80. The fourth-order valence-electron chi connectivity index (χ4n) is 10.3. The third kappa shape index (κ3) is 8.66. The van der Waals surface area contributed by atoms with Crippen molar-refractivity contribution in [2.24, 2.45) is 0 Å². The summed E-state index contributed by atoms with van der Waals surface area (Å²) >= 11 is 0. The summed E-state index contributed by atoms with van der Waals surface area (Å²) in [6, 6.07) is 84.0. The van der Waals surface area contributed by atoms with Gasteiger partial charge in [-0.3, -0.25) is 15.0 Å². The van der Waals surface area contributed by atoms with Crippen LogP contribution in [0.2, 0.25) is 0 Å². The van der Waals surface area contributed by atoms with Crippen LogP contribution >= 0.6 is 0 Å². The zero-order valence-electron chi connectivity index (χ0n) is 38.8. The van der Waals surface area contributed by atoms with Crippen LogP contribution < -0.4 is 0 Å². The highest BCUT2D eigenvalue weighted by atomic mass is 14.7. The fourth-order valence-corrected chi connectivity index (χ4v) is 10.3. The molecule has 0 saturated heterocycles. The van der Waals surface area contributed by atoms with Gasteiger partial charge >= 0.3 is 0 Å². The lowest BCUT2D eigenvalue weighted by molar-refractivity contribution is 0.931. The number of fused-ring (bicyclic) bond motifs is 6. The highest BCUT2D eigenvalue weighted by molar-refractivity contribution is 6.25. The van der Waals surface area contributed by atoms with Crippen LogP contribution in [0.4, 0.5) is 0 Å². The minimum atomic E-state index is 0.925. The molecule has 0 atom stereocenters. The van der Waals surface area contributed by atoms with Crippen LogP contribution in [0.25, 0.3) is 99.5 Å². The first-order valence-corrected chi connectivity index (χ1v) is 24.3. The van der Waals surface area contributed by atoms with Crippen molar-refractivity contribution >= 4 is 32.3 Å². The Morgan fingerprint density at radius 3 is 1.13 bits per heavy atom. The largest absolute Gasteiger partial charge is 0.256 e. The Bertz CT molecular complexity index is 3650. The Morgan fingerprint density at radius 2 is 0.614 bits per heavy atom. The fraction of sp³-hybridized carbons (Fsp3) is 0.0597. The molecule has 0 N–H and O–H groups in total. The average Bonchev–Trinajstić information content (AvgIpc) is 3.45. The number of nitrogens with zero attached hydrogens (tertiary/aromatic N) is 3. The lowest BCUT2D eigenvalue weighted by Gasteiger charge is -2.18. The van der Waals surface area contributed by atoms with Gasteiger partial charge in [-0.15, -0.1) is 0 Å². The second kappa shape index (κ2) is 19.1. The number of rotatable bonds is 12. The summed E-state index contributed by atoms with van der Waals surface area (Å²) in [5.74, 6) is 0. The van der Waals surface area contributed by atoms with E-state index < -0.39 is 0 Å². The van der Waals surface area contributed by atoms with Gasteiger partial charge in [-0.05, 0) is 162 Å². The highest BCUT2D eigenvalue weighted by Gasteiger charge is 2.18. The number of aromatic nitrogens is 3. The van der Waals surface area contributed by atoms with Crippen molar-refractivity contribution in [1.29, 1.82) is 0 Å². The first kappa shape index (κ1) is 42.6. The third-order valence-corrected chi connectivity index (χ3v) is 13.9. The van der Waals surface area contributed by atoms with E-state index in [1.54, 1.807) is 0 Å². The van der Waals surface area contributed by atoms with Gasteiger partial charge in [0.15, 0.2) is 0 Å². The van der Waals surface area contributed by atoms with Gasteiger partial charge in [0.1, 0.15) is 0 Å². The highest BCUT2D eigenvalue weighted by Crippen LogP contribution is 2.43. The second-order valence-electron chi connectivity index (χ2n) is 18.2. The average molecular weight is 896 g/mol. The van der Waals surface area contributed by atoms with Crippen LogP contribution in [0, 0.1) is 0 Å². The van der Waals surface area contributed by atoms with Gasteiger partial charge in [0.2, 0.25) is 0 Å². The molecule has 0 spiro atoms. The number of hydrogen-bond donors (Lipinski definition) is 0. The zero-order chi connectivity index (χ0) is 46.6. The Morgan fingerprint density at radius 1 is 0.214 bits per heavy atom. The summed E-state index contributed by atoms with van der Waals surface area (Å²) in [5, 5.41) is 7.61. The predicted octanol–water partition coefficient (Wildman–Crippen LogP) is 16.9. The van der Waals surface area contributed by atoms with E-state index in [4.69, 9.17) is 4.98 Å². The third-order valence-electron chi connectivity index (χ3n) is 13.9. The summed E-state index contributed by atoms with van der Waals surface area (Å²) in [6.45, 7) is 0. The molecule has 0 fully saturated rings. The Balaban J connectivity index is 0.953. The molecule has 3 nitrogen and oxygen atoms in total. The molecule has 0 amide bonds. The van der Waals surface area contributed by atoms with Gasteiger partial charge in [0.25, 0.3) is 0 Å². The quantitative estimate of drug-likeness (QED) is 0.115. The monoisotopic (exact) mass is 895 g/mol. The van der Waals surface area contributed by atoms with E-state index in [1.165, 1.54) is 88.0 Å². The van der Waals surface area contributed by atoms with Crippen molar-refractivity contribution in [2.45, 2.75) is 25.7 Å². The van der Waals surface area contributed by atoms with E-state index in [1.807, 2.05) is 48.9 Å². The van der Waals surface area contributed by atoms with Crippen LogP contribution in [-0.4, -0.2) is 15.0 Å². The summed E-state index contributed by atoms with van der Waals surface area (Å²) in [5.41, 5.74) is 18.8. The van der Waals surface area contributed by atoms with Crippen LogP contribution in [-0.2, 0) is 25.7 Å². The molecule has 70 heavy (non-hydrogen) atoms. The number of hydrogen-bond acceptors (Lipinski definition) is 3. The molecule has 3 aromatic heterocycles. The first-order chi connectivity index (χ1) is 34.7. The van der Waals surface area contributed by atoms with Crippen molar-refractivity contribution in [3.05, 3.63) is 271 Å². The molecular formula is C67H49N3. The lowest BCUT2D eigenvalue weighted by atomic mass is 9.85. The van der Waals surface area contributed by atoms with Crippen LogP contribution in [0.3, 0.4) is 0 Å². The van der Waals surface area contributed by atoms with Gasteiger partial charge in [0, 0.05) is 35.3 Å². The molecule has 0 aliphatic heterocycles. The summed E-state index contributed by atoms with van der Waals surface area (Å²) < 4.78 is 0. The molecule has 3 heteroatoms. The molecule has 12 aromatic rings. The van der Waals surface area contributed by atoms with Crippen molar-refractivity contribution in [3.63, 3.8) is 0 Å². The minimum absolute atomic E-state index is 0.925. The minimum Gasteiger partial charge on any atom is -0.256 e. The van der Waals surface area contributed by atoms with Crippen LogP contribution in [0.15, 0.2) is 249 Å². The number of aryl methyl sites for hydroxylation is 4. The Hall–Kier alpha value is -8.79. The van der Waals surface area contributed by atoms with E-state index >= 15 is 0 Å². The standard InChI is InChI=1S/C67H49N3/c1-2-14-56(61-37-35-53(67-21-9-12-40-70-67)45-63(61)52-34-36-62-59-17-4-3-15-57(59)58-16-5-6-18-60(58)64(62)44-52)55(13-1)54-42-48(24-22-46-26-30-50(31-27-46)65-19-7-10-38-68-65)41-49(43-54)25-23-47-28-32-51(33-29-47)66-20-8-11-39-69-66/h1-21,26-45H,22-25H2. The first-order valence-electron chi connectivity index (χ1n) is 24.3.